The molecule has 6 aliphatic rings. The van der Waals surface area contributed by atoms with E-state index >= 15 is 9.59 Å². The zero-order chi connectivity index (χ0) is 68.7. The van der Waals surface area contributed by atoms with Crippen molar-refractivity contribution in [1.82, 2.24) is 9.80 Å². The monoisotopic (exact) mass is 1400 g/mol. The zero-order valence-electron chi connectivity index (χ0n) is 59.2. The molecular weight excluding hydrogens is 1310 g/mol. The van der Waals surface area contributed by atoms with E-state index in [1.807, 2.05) is 9.80 Å². The van der Waals surface area contributed by atoms with Gasteiger partial charge in [-0.1, -0.05) is 203 Å². The summed E-state index contributed by atoms with van der Waals surface area (Å²) in [6.07, 6.45) is 39.9. The number of ether oxygens (including phenoxy) is 4. The van der Waals surface area contributed by atoms with Gasteiger partial charge in [-0.25, -0.2) is 0 Å². The highest BCUT2D eigenvalue weighted by atomic mass is 32.1. The molecule has 0 atom stereocenters. The molecule has 4 aliphatic heterocycles. The van der Waals surface area contributed by atoms with Crippen LogP contribution in [0.1, 0.15) is 227 Å². The molecule has 0 bridgehead atoms. The molecule has 14 rings (SSSR count). The van der Waals surface area contributed by atoms with E-state index in [1.54, 1.807) is 45.3 Å². The molecule has 2 aliphatic carbocycles. The fraction of sp³-hybridized carbons (Fsp3) is 0.432. The minimum absolute atomic E-state index is 0.0668. The van der Waals surface area contributed by atoms with Crippen molar-refractivity contribution < 1.29 is 28.5 Å². The van der Waals surface area contributed by atoms with Gasteiger partial charge in [0.15, 0.2) is 23.0 Å². The number of unbranched alkanes of at least 4 members (excludes halogenated alkanes) is 16. The molecule has 0 unspecified atom stereocenters. The van der Waals surface area contributed by atoms with Gasteiger partial charge in [0, 0.05) is 46.5 Å². The summed E-state index contributed by atoms with van der Waals surface area (Å²) in [7, 11) is 0. The molecular formula is C88H96N2O6S4. The third-order valence-electron chi connectivity index (χ3n) is 21.9. The van der Waals surface area contributed by atoms with E-state index in [1.165, 1.54) is 147 Å². The van der Waals surface area contributed by atoms with Crippen LogP contribution in [0.25, 0.3) is 74.0 Å². The second kappa shape index (κ2) is 31.3. The van der Waals surface area contributed by atoms with E-state index in [9.17, 15) is 0 Å². The van der Waals surface area contributed by atoms with Crippen molar-refractivity contribution in [2.75, 3.05) is 39.5 Å². The third kappa shape index (κ3) is 12.9. The van der Waals surface area contributed by atoms with E-state index in [-0.39, 0.29) is 22.6 Å². The van der Waals surface area contributed by atoms with Crippen LogP contribution in [0.4, 0.5) is 0 Å². The van der Waals surface area contributed by atoms with Gasteiger partial charge in [0.2, 0.25) is 0 Å². The molecule has 0 N–H and O–H groups in total. The van der Waals surface area contributed by atoms with Crippen molar-refractivity contribution in [3.63, 3.8) is 0 Å². The molecule has 100 heavy (non-hydrogen) atoms. The second-order valence-electron chi connectivity index (χ2n) is 28.3. The number of benzene rings is 4. The highest BCUT2D eigenvalue weighted by molar-refractivity contribution is 7.25. The van der Waals surface area contributed by atoms with Crippen molar-refractivity contribution in [2.24, 2.45) is 0 Å². The first-order chi connectivity index (χ1) is 49.2. The minimum atomic E-state index is -0.166. The topological polar surface area (TPSA) is 77.5 Å². The number of carbonyl (C=O) groups is 2. The normalized spacial score (nSPS) is 15.7. The number of fused-ring (bicyclic) bond motifs is 9. The zero-order valence-corrected chi connectivity index (χ0v) is 62.4. The number of thiophene rings is 4. The van der Waals surface area contributed by atoms with Gasteiger partial charge in [-0.3, -0.25) is 9.59 Å². The van der Waals surface area contributed by atoms with Crippen LogP contribution in [0.3, 0.4) is 0 Å². The van der Waals surface area contributed by atoms with E-state index < -0.39 is 0 Å². The van der Waals surface area contributed by atoms with Gasteiger partial charge in [-0.2, -0.15) is 0 Å². The van der Waals surface area contributed by atoms with E-state index in [0.29, 0.717) is 87.7 Å². The number of rotatable bonds is 34. The van der Waals surface area contributed by atoms with Crippen molar-refractivity contribution >= 4 is 68.6 Å². The standard InChI is InChI=1S/C88H96N2O6S4/c1-7-13-19-29-47-87(48-30-20-14-8-2)65-37-27-25-35-61(65)63-41-39-59(57-67(63)87)81-77-79(95-55-53-93-77)83(99-81)71-45-43-69(97-71)75-73-74(86(92)89(75)51-33-23-17-11-5)76(90(85(73)91)52-34-24-18-12-6)70-44-46-72(98-70)84-80-78(94-54-56-96-80)82(100-84)60-40-42-64-62-36-26-28-38-66(62)88(68(64)58-60,49-31-21-15-9-3)50-32-22-16-10-4/h5-6,25-28,35-46,57-58H,7-10,13-24,29-34,47-56H2,1-4H3. The summed E-state index contributed by atoms with van der Waals surface area (Å²) in [5.74, 6) is 8.37. The van der Waals surface area contributed by atoms with Crippen LogP contribution in [0.5, 0.6) is 23.0 Å². The maximum Gasteiger partial charge on any atom is 0.261 e. The van der Waals surface area contributed by atoms with Crippen molar-refractivity contribution in [2.45, 2.75) is 205 Å². The molecule has 0 spiro atoms. The molecule has 0 saturated heterocycles. The first kappa shape index (κ1) is 69.5. The van der Waals surface area contributed by atoms with Crippen LogP contribution < -0.4 is 18.9 Å². The SMILES string of the molecule is C#CCCCCN1C(=O)C2=C(c3ccc(-c4sc(-c5ccc6c(c5)C(CCCCCC)(CCCCCC)c5ccccc5-6)c5c4OCCO5)s3)N(CCCCC#C)C(=O)C2=C1c1ccc(-c2sc(-c3ccc4c(c3)C(CCCCCC)(CCCCCC)c3ccccc3-4)c3c2OCCO3)s1. The molecule has 8 heterocycles. The van der Waals surface area contributed by atoms with Crippen molar-refractivity contribution in [1.29, 1.82) is 0 Å². The summed E-state index contributed by atoms with van der Waals surface area (Å²) in [6.45, 7) is 11.8. The lowest BCUT2D eigenvalue weighted by atomic mass is 9.70. The Labute approximate surface area is 610 Å². The minimum Gasteiger partial charge on any atom is -0.485 e. The fourth-order valence-electron chi connectivity index (χ4n) is 17.0. The first-order valence-electron chi connectivity index (χ1n) is 37.8. The first-order valence-corrected chi connectivity index (χ1v) is 41.0. The maximum atomic E-state index is 15.8. The van der Waals surface area contributed by atoms with Crippen LogP contribution in [-0.4, -0.2) is 61.1 Å². The van der Waals surface area contributed by atoms with Crippen LogP contribution >= 0.6 is 45.3 Å². The second-order valence-corrected chi connectivity index (χ2v) is 32.5. The average Bonchev–Trinajstić information content (AvgIpc) is 1.59. The molecule has 12 heteroatoms. The van der Waals surface area contributed by atoms with Crippen LogP contribution in [0, 0.1) is 24.7 Å². The van der Waals surface area contributed by atoms with Crippen molar-refractivity contribution in [3.8, 4) is 110 Å². The molecule has 2 amide bonds. The van der Waals surface area contributed by atoms with Gasteiger partial charge < -0.3 is 28.7 Å². The number of nitrogens with zero attached hydrogens (tertiary/aromatic N) is 2. The number of terminal acetylenes is 2. The highest BCUT2D eigenvalue weighted by Gasteiger charge is 2.50. The van der Waals surface area contributed by atoms with Gasteiger partial charge in [-0.15, -0.1) is 70.0 Å². The summed E-state index contributed by atoms with van der Waals surface area (Å²) in [4.78, 5) is 43.1. The van der Waals surface area contributed by atoms with Crippen LogP contribution in [0.2, 0.25) is 0 Å². The fourth-order valence-corrected chi connectivity index (χ4v) is 21.8. The molecule has 8 aromatic rings. The Morgan fingerprint density at radius 2 is 0.730 bits per heavy atom. The molecule has 4 aromatic carbocycles. The molecule has 4 aromatic heterocycles. The Bertz CT molecular complexity index is 4170. The quantitative estimate of drug-likeness (QED) is 0.0295. The number of amides is 2. The number of hydrogen-bond donors (Lipinski definition) is 0. The summed E-state index contributed by atoms with van der Waals surface area (Å²) in [5, 5.41) is 0. The molecule has 0 fully saturated rings. The van der Waals surface area contributed by atoms with E-state index in [0.717, 1.165) is 112 Å². The lowest BCUT2D eigenvalue weighted by Gasteiger charge is -2.33. The van der Waals surface area contributed by atoms with Crippen LogP contribution in [-0.2, 0) is 20.4 Å². The molecule has 518 valence electrons. The Kier molecular flexibility index (Phi) is 21.8. The van der Waals surface area contributed by atoms with E-state index in [4.69, 9.17) is 31.8 Å². The maximum absolute atomic E-state index is 15.8. The van der Waals surface area contributed by atoms with E-state index in [2.05, 4.69) is 149 Å². The van der Waals surface area contributed by atoms with Gasteiger partial charge in [0.1, 0.15) is 26.4 Å². The molecule has 0 radical (unpaired) electrons. The summed E-state index contributed by atoms with van der Waals surface area (Å²) in [5.41, 5.74) is 15.7. The van der Waals surface area contributed by atoms with Gasteiger partial charge in [-0.05, 0) is 143 Å². The molecule has 8 nitrogen and oxygen atoms in total. The molecule has 0 saturated carbocycles. The number of carbonyl (C=O) groups excluding carboxylic acids is 2. The Morgan fingerprint density at radius 1 is 0.380 bits per heavy atom. The van der Waals surface area contributed by atoms with Gasteiger partial charge >= 0.3 is 0 Å². The Balaban J connectivity index is 0.843. The lowest BCUT2D eigenvalue weighted by Crippen LogP contribution is -2.30. The predicted octanol–water partition coefficient (Wildman–Crippen LogP) is 24.0. The Hall–Kier alpha value is -7.58. The smallest absolute Gasteiger partial charge is 0.261 e. The largest absolute Gasteiger partial charge is 0.485 e. The third-order valence-corrected chi connectivity index (χ3v) is 26.8. The summed E-state index contributed by atoms with van der Waals surface area (Å²) < 4.78 is 26.7. The number of hydrogen-bond acceptors (Lipinski definition) is 10. The Morgan fingerprint density at radius 3 is 1.10 bits per heavy atom. The van der Waals surface area contributed by atoms with Gasteiger partial charge in [0.05, 0.1) is 51.8 Å². The predicted molar refractivity (Wildman–Crippen MR) is 418 cm³/mol. The average molecular weight is 1410 g/mol. The van der Waals surface area contributed by atoms with Crippen LogP contribution in [0.15, 0.2) is 120 Å². The van der Waals surface area contributed by atoms with Crippen molar-refractivity contribution in [3.05, 3.63) is 152 Å². The summed E-state index contributed by atoms with van der Waals surface area (Å²) in [6, 6.07) is 41.2. The highest BCUT2D eigenvalue weighted by Crippen LogP contribution is 2.62. The van der Waals surface area contributed by atoms with Gasteiger partial charge in [0.25, 0.3) is 11.8 Å². The summed E-state index contributed by atoms with van der Waals surface area (Å²) >= 11 is 6.65. The lowest BCUT2D eigenvalue weighted by molar-refractivity contribution is -0.124.